The van der Waals surface area contributed by atoms with Crippen molar-refractivity contribution in [2.24, 2.45) is 0 Å². The van der Waals surface area contributed by atoms with Crippen molar-refractivity contribution < 1.29 is 14.2 Å². The highest BCUT2D eigenvalue weighted by Crippen LogP contribution is 2.31. The number of hydrogen-bond acceptors (Lipinski definition) is 3. The molecule has 1 saturated heterocycles. The predicted octanol–water partition coefficient (Wildman–Crippen LogP) is 3.27. The van der Waals surface area contributed by atoms with Gasteiger partial charge >= 0.3 is 0 Å². The van der Waals surface area contributed by atoms with Gasteiger partial charge in [-0.05, 0) is 32.3 Å². The summed E-state index contributed by atoms with van der Waals surface area (Å²) in [6.45, 7) is 6.02. The van der Waals surface area contributed by atoms with Crippen LogP contribution in [-0.4, -0.2) is 30.9 Å². The maximum atomic E-state index is 14.2. The standard InChI is InChI=1S/C16H24FNO2/c1-3-10-20-13-6-5-9-18(11-13)16-14(12(2)19)7-4-8-15(16)17/h4,7-8,12-13,19H,3,5-6,9-11H2,1-2H3/t12-,13?/m0/s1. The van der Waals surface area contributed by atoms with Crippen LogP contribution in [0.2, 0.25) is 0 Å². The second-order valence-corrected chi connectivity index (χ2v) is 5.43. The molecule has 1 fully saturated rings. The Morgan fingerprint density at radius 1 is 1.50 bits per heavy atom. The number of aliphatic hydroxyl groups excluding tert-OH is 1. The molecule has 20 heavy (non-hydrogen) atoms. The van der Waals surface area contributed by atoms with E-state index in [1.54, 1.807) is 19.1 Å². The second-order valence-electron chi connectivity index (χ2n) is 5.43. The van der Waals surface area contributed by atoms with Crippen LogP contribution in [0.1, 0.15) is 44.8 Å². The fourth-order valence-corrected chi connectivity index (χ4v) is 2.76. The normalized spacial score (nSPS) is 21.0. The first-order valence-electron chi connectivity index (χ1n) is 7.46. The number of piperidine rings is 1. The topological polar surface area (TPSA) is 32.7 Å². The molecule has 1 aliphatic rings. The van der Waals surface area contributed by atoms with Gasteiger partial charge < -0.3 is 14.7 Å². The smallest absolute Gasteiger partial charge is 0.146 e. The first kappa shape index (κ1) is 15.3. The van der Waals surface area contributed by atoms with Gasteiger partial charge in [0.15, 0.2) is 0 Å². The van der Waals surface area contributed by atoms with E-state index in [0.717, 1.165) is 32.4 Å². The van der Waals surface area contributed by atoms with E-state index in [-0.39, 0.29) is 11.9 Å². The highest BCUT2D eigenvalue weighted by Gasteiger charge is 2.25. The van der Waals surface area contributed by atoms with Gasteiger partial charge in [0, 0.05) is 25.3 Å². The summed E-state index contributed by atoms with van der Waals surface area (Å²) in [7, 11) is 0. The number of benzene rings is 1. The van der Waals surface area contributed by atoms with E-state index in [0.29, 0.717) is 17.8 Å². The lowest BCUT2D eigenvalue weighted by Crippen LogP contribution is -2.40. The molecule has 1 N–H and O–H groups in total. The zero-order valence-electron chi connectivity index (χ0n) is 12.3. The third-order valence-electron chi connectivity index (χ3n) is 3.72. The predicted molar refractivity (Wildman–Crippen MR) is 78.5 cm³/mol. The van der Waals surface area contributed by atoms with E-state index < -0.39 is 6.10 Å². The molecule has 1 aliphatic heterocycles. The Morgan fingerprint density at radius 2 is 2.30 bits per heavy atom. The van der Waals surface area contributed by atoms with Crippen molar-refractivity contribution in [3.8, 4) is 0 Å². The fourth-order valence-electron chi connectivity index (χ4n) is 2.76. The Balaban J connectivity index is 2.18. The van der Waals surface area contributed by atoms with Crippen molar-refractivity contribution in [2.45, 2.75) is 45.3 Å². The maximum Gasteiger partial charge on any atom is 0.146 e. The third kappa shape index (κ3) is 3.49. The number of rotatable bonds is 5. The molecule has 0 aromatic heterocycles. The van der Waals surface area contributed by atoms with Crippen LogP contribution < -0.4 is 4.90 Å². The fraction of sp³-hybridized carbons (Fsp3) is 0.625. The van der Waals surface area contributed by atoms with Crippen LogP contribution in [0.3, 0.4) is 0 Å². The number of nitrogens with zero attached hydrogens (tertiary/aromatic N) is 1. The molecule has 0 bridgehead atoms. The Morgan fingerprint density at radius 3 is 3.00 bits per heavy atom. The van der Waals surface area contributed by atoms with Gasteiger partial charge in [0.25, 0.3) is 0 Å². The largest absolute Gasteiger partial charge is 0.389 e. The van der Waals surface area contributed by atoms with Crippen molar-refractivity contribution in [1.29, 1.82) is 0 Å². The number of ether oxygens (including phenoxy) is 1. The summed E-state index contributed by atoms with van der Waals surface area (Å²) in [4.78, 5) is 2.02. The van der Waals surface area contributed by atoms with E-state index in [1.165, 1.54) is 6.07 Å². The summed E-state index contributed by atoms with van der Waals surface area (Å²) in [6, 6.07) is 4.90. The van der Waals surface area contributed by atoms with Crippen molar-refractivity contribution in [3.05, 3.63) is 29.6 Å². The van der Waals surface area contributed by atoms with E-state index in [1.807, 2.05) is 4.90 Å². The van der Waals surface area contributed by atoms with Gasteiger partial charge in [0.1, 0.15) is 5.82 Å². The lowest BCUT2D eigenvalue weighted by atomic mass is 10.0. The second kappa shape index (κ2) is 7.04. The van der Waals surface area contributed by atoms with Crippen molar-refractivity contribution in [2.75, 3.05) is 24.6 Å². The van der Waals surface area contributed by atoms with Crippen LogP contribution in [0.5, 0.6) is 0 Å². The number of anilines is 1. The summed E-state index contributed by atoms with van der Waals surface area (Å²) < 4.78 is 20.0. The molecule has 0 radical (unpaired) electrons. The molecule has 4 heteroatoms. The quantitative estimate of drug-likeness (QED) is 0.899. The first-order valence-corrected chi connectivity index (χ1v) is 7.46. The molecule has 1 unspecified atom stereocenters. The van der Waals surface area contributed by atoms with Crippen LogP contribution in [-0.2, 0) is 4.74 Å². The average molecular weight is 281 g/mol. The summed E-state index contributed by atoms with van der Waals surface area (Å²) in [6.07, 6.45) is 2.49. The van der Waals surface area contributed by atoms with Crippen LogP contribution in [0.25, 0.3) is 0 Å². The molecule has 2 atom stereocenters. The molecule has 1 aromatic carbocycles. The Bertz CT molecular complexity index is 436. The Labute approximate surface area is 120 Å². The average Bonchev–Trinajstić information content (AvgIpc) is 2.45. The lowest BCUT2D eigenvalue weighted by molar-refractivity contribution is 0.0438. The number of halogens is 1. The van der Waals surface area contributed by atoms with E-state index in [4.69, 9.17) is 4.74 Å². The summed E-state index contributed by atoms with van der Waals surface area (Å²) in [5.74, 6) is -0.264. The molecule has 1 aromatic rings. The molecule has 0 spiro atoms. The monoisotopic (exact) mass is 281 g/mol. The van der Waals surface area contributed by atoms with E-state index >= 15 is 0 Å². The van der Waals surface area contributed by atoms with Gasteiger partial charge in [-0.2, -0.15) is 0 Å². The zero-order chi connectivity index (χ0) is 14.5. The van der Waals surface area contributed by atoms with Crippen LogP contribution in [0.15, 0.2) is 18.2 Å². The molecule has 1 heterocycles. The first-order chi connectivity index (χ1) is 9.63. The highest BCUT2D eigenvalue weighted by atomic mass is 19.1. The zero-order valence-corrected chi connectivity index (χ0v) is 12.3. The van der Waals surface area contributed by atoms with Crippen molar-refractivity contribution >= 4 is 5.69 Å². The van der Waals surface area contributed by atoms with Gasteiger partial charge in [-0.1, -0.05) is 19.1 Å². The molecule has 3 nitrogen and oxygen atoms in total. The van der Waals surface area contributed by atoms with Crippen LogP contribution in [0.4, 0.5) is 10.1 Å². The minimum atomic E-state index is -0.669. The molecular formula is C16H24FNO2. The highest BCUT2D eigenvalue weighted by molar-refractivity contribution is 5.56. The molecule has 2 rings (SSSR count). The van der Waals surface area contributed by atoms with Gasteiger partial charge in [-0.3, -0.25) is 0 Å². The minimum Gasteiger partial charge on any atom is -0.389 e. The summed E-state index contributed by atoms with van der Waals surface area (Å²) in [5, 5.41) is 9.84. The van der Waals surface area contributed by atoms with Gasteiger partial charge in [0.05, 0.1) is 17.9 Å². The van der Waals surface area contributed by atoms with Crippen LogP contribution >= 0.6 is 0 Å². The molecule has 0 saturated carbocycles. The molecule has 112 valence electrons. The minimum absolute atomic E-state index is 0.158. The Hall–Kier alpha value is -1.13. The summed E-state index contributed by atoms with van der Waals surface area (Å²) >= 11 is 0. The molecular weight excluding hydrogens is 257 g/mol. The van der Waals surface area contributed by atoms with Crippen molar-refractivity contribution in [1.82, 2.24) is 0 Å². The summed E-state index contributed by atoms with van der Waals surface area (Å²) in [5.41, 5.74) is 1.19. The van der Waals surface area contributed by atoms with Gasteiger partial charge in [-0.25, -0.2) is 4.39 Å². The number of para-hydroxylation sites is 1. The van der Waals surface area contributed by atoms with Gasteiger partial charge in [0.2, 0.25) is 0 Å². The number of aliphatic hydroxyl groups is 1. The Kier molecular flexibility index (Phi) is 5.38. The third-order valence-corrected chi connectivity index (χ3v) is 3.72. The SMILES string of the molecule is CCCOC1CCCN(c2c(F)cccc2[C@H](C)O)C1. The molecule has 0 amide bonds. The van der Waals surface area contributed by atoms with E-state index in [9.17, 15) is 9.50 Å². The van der Waals surface area contributed by atoms with Crippen molar-refractivity contribution in [3.63, 3.8) is 0 Å². The van der Waals surface area contributed by atoms with Crippen LogP contribution in [0, 0.1) is 5.82 Å². The molecule has 0 aliphatic carbocycles. The van der Waals surface area contributed by atoms with E-state index in [2.05, 4.69) is 6.92 Å². The maximum absolute atomic E-state index is 14.2. The van der Waals surface area contributed by atoms with Gasteiger partial charge in [-0.15, -0.1) is 0 Å². The number of hydrogen-bond donors (Lipinski definition) is 1. The lowest BCUT2D eigenvalue weighted by Gasteiger charge is -2.36.